The monoisotopic (exact) mass is 225 g/mol. The molecule has 88 valence electrons. The molecule has 0 unspecified atom stereocenters. The summed E-state index contributed by atoms with van der Waals surface area (Å²) in [7, 11) is 1.73. The molecule has 0 saturated carbocycles. The topological polar surface area (TPSA) is 90.2 Å². The molecule has 0 radical (unpaired) electrons. The molecule has 1 rings (SSSR count). The summed E-state index contributed by atoms with van der Waals surface area (Å²) in [5.41, 5.74) is 5.50. The van der Waals surface area contributed by atoms with Gasteiger partial charge in [0.05, 0.1) is 11.3 Å². The second kappa shape index (κ2) is 5.74. The fourth-order valence-electron chi connectivity index (χ4n) is 1.25. The number of aromatic nitrogens is 2. The van der Waals surface area contributed by atoms with E-state index in [1.165, 1.54) is 0 Å². The van der Waals surface area contributed by atoms with E-state index in [9.17, 15) is 10.1 Å². The molecule has 1 aromatic heterocycles. The number of hydrogen-bond donors (Lipinski definition) is 1. The highest BCUT2D eigenvalue weighted by molar-refractivity contribution is 4.88. The third-order valence-electron chi connectivity index (χ3n) is 2.15. The van der Waals surface area contributed by atoms with Crippen LogP contribution in [-0.4, -0.2) is 33.0 Å². The fraction of sp³-hybridized carbons (Fsp3) is 0.444. The van der Waals surface area contributed by atoms with Gasteiger partial charge in [-0.2, -0.15) is 0 Å². The molecule has 0 aliphatic rings. The lowest BCUT2D eigenvalue weighted by atomic mass is 10.4. The Labute approximate surface area is 93.3 Å². The van der Waals surface area contributed by atoms with Gasteiger partial charge in [0, 0.05) is 32.5 Å². The molecule has 0 saturated heterocycles. The molecule has 0 atom stereocenters. The maximum Gasteiger partial charge on any atom is 0.274 e. The minimum atomic E-state index is -0.554. The average molecular weight is 225 g/mol. The number of hydrogen-bond acceptors (Lipinski definition) is 5. The summed E-state index contributed by atoms with van der Waals surface area (Å²) in [4.78, 5) is 15.2. The van der Waals surface area contributed by atoms with Crippen molar-refractivity contribution in [2.24, 2.45) is 5.73 Å². The molecule has 0 bridgehead atoms. The zero-order chi connectivity index (χ0) is 12.0. The van der Waals surface area contributed by atoms with Crippen LogP contribution < -0.4 is 5.73 Å². The van der Waals surface area contributed by atoms with Gasteiger partial charge in [-0.15, -0.1) is 0 Å². The van der Waals surface area contributed by atoms with Crippen LogP contribution in [0.3, 0.4) is 0 Å². The SMILES string of the molecule is CN(CCCn1ccnc1)/C(N)=C/[N+](=O)[O-]. The number of nitrogens with two attached hydrogens (primary N) is 1. The van der Waals surface area contributed by atoms with E-state index in [0.717, 1.165) is 19.2 Å². The van der Waals surface area contributed by atoms with E-state index < -0.39 is 4.92 Å². The molecule has 0 aliphatic carbocycles. The quantitative estimate of drug-likeness (QED) is 0.553. The number of rotatable bonds is 6. The summed E-state index contributed by atoms with van der Waals surface area (Å²) < 4.78 is 1.95. The predicted octanol–water partition coefficient (Wildman–Crippen LogP) is 0.239. The van der Waals surface area contributed by atoms with E-state index in [4.69, 9.17) is 5.73 Å². The maximum absolute atomic E-state index is 10.2. The highest BCUT2D eigenvalue weighted by Gasteiger charge is 2.03. The largest absolute Gasteiger partial charge is 0.380 e. The summed E-state index contributed by atoms with van der Waals surface area (Å²) in [5.74, 6) is 0.163. The molecule has 1 heterocycles. The molecule has 7 nitrogen and oxygen atoms in total. The van der Waals surface area contributed by atoms with Gasteiger partial charge < -0.3 is 15.2 Å². The summed E-state index contributed by atoms with van der Waals surface area (Å²) >= 11 is 0. The second-order valence-corrected chi connectivity index (χ2v) is 3.41. The molecule has 0 spiro atoms. The molecular formula is C9H15N5O2. The Hall–Kier alpha value is -2.05. The first-order valence-electron chi connectivity index (χ1n) is 4.87. The van der Waals surface area contributed by atoms with E-state index >= 15 is 0 Å². The molecular weight excluding hydrogens is 210 g/mol. The highest BCUT2D eigenvalue weighted by Crippen LogP contribution is 1.97. The van der Waals surface area contributed by atoms with E-state index in [0.29, 0.717) is 6.54 Å². The van der Waals surface area contributed by atoms with E-state index in [-0.39, 0.29) is 5.82 Å². The van der Waals surface area contributed by atoms with Gasteiger partial charge in [0.2, 0.25) is 0 Å². The summed E-state index contributed by atoms with van der Waals surface area (Å²) in [6.45, 7) is 1.48. The van der Waals surface area contributed by atoms with Gasteiger partial charge in [0.1, 0.15) is 0 Å². The predicted molar refractivity (Wildman–Crippen MR) is 58.7 cm³/mol. The lowest BCUT2D eigenvalue weighted by molar-refractivity contribution is -0.404. The van der Waals surface area contributed by atoms with Crippen LogP contribution in [0, 0.1) is 10.1 Å². The first-order chi connectivity index (χ1) is 7.59. The Morgan fingerprint density at radius 2 is 2.50 bits per heavy atom. The Morgan fingerprint density at radius 1 is 1.75 bits per heavy atom. The Kier molecular flexibility index (Phi) is 4.31. The first-order valence-corrected chi connectivity index (χ1v) is 4.87. The third kappa shape index (κ3) is 3.99. The zero-order valence-corrected chi connectivity index (χ0v) is 9.11. The van der Waals surface area contributed by atoms with E-state index in [2.05, 4.69) is 4.98 Å². The minimum Gasteiger partial charge on any atom is -0.380 e. The van der Waals surface area contributed by atoms with Crippen LogP contribution in [0.5, 0.6) is 0 Å². The number of imidazole rings is 1. The Bertz CT molecular complexity index is 360. The van der Waals surface area contributed by atoms with Crippen molar-refractivity contribution < 1.29 is 4.92 Å². The van der Waals surface area contributed by atoms with Crippen LogP contribution in [0.25, 0.3) is 0 Å². The van der Waals surface area contributed by atoms with Crippen LogP contribution in [0.1, 0.15) is 6.42 Å². The molecule has 2 N–H and O–H groups in total. The van der Waals surface area contributed by atoms with Gasteiger partial charge in [0.15, 0.2) is 5.82 Å². The van der Waals surface area contributed by atoms with Crippen molar-refractivity contribution in [1.29, 1.82) is 0 Å². The Balaban J connectivity index is 2.30. The van der Waals surface area contributed by atoms with E-state index in [1.807, 2.05) is 10.8 Å². The smallest absolute Gasteiger partial charge is 0.274 e. The first kappa shape index (κ1) is 12.0. The number of nitrogens with zero attached hydrogens (tertiary/aromatic N) is 4. The van der Waals surface area contributed by atoms with Gasteiger partial charge in [0.25, 0.3) is 6.20 Å². The van der Waals surface area contributed by atoms with Crippen LogP contribution in [0.2, 0.25) is 0 Å². The third-order valence-corrected chi connectivity index (χ3v) is 2.15. The average Bonchev–Trinajstić information content (AvgIpc) is 2.69. The molecule has 0 amide bonds. The summed E-state index contributed by atoms with van der Waals surface area (Å²) in [5, 5.41) is 10.2. The molecule has 0 aliphatic heterocycles. The maximum atomic E-state index is 10.2. The van der Waals surface area contributed by atoms with Crippen molar-refractivity contribution in [2.75, 3.05) is 13.6 Å². The molecule has 1 aromatic rings. The zero-order valence-electron chi connectivity index (χ0n) is 9.11. The standard InChI is InChI=1S/C9H15N5O2/c1-12(9(10)7-14(15)16)4-2-5-13-6-3-11-8-13/h3,6-8H,2,4-5,10H2,1H3/b9-7+. The van der Waals surface area contributed by atoms with Crippen LogP contribution in [0.15, 0.2) is 30.7 Å². The molecule has 0 aromatic carbocycles. The van der Waals surface area contributed by atoms with Crippen molar-refractivity contribution in [3.8, 4) is 0 Å². The normalized spacial score (nSPS) is 11.4. The second-order valence-electron chi connectivity index (χ2n) is 3.41. The van der Waals surface area contributed by atoms with Crippen molar-refractivity contribution in [1.82, 2.24) is 14.5 Å². The van der Waals surface area contributed by atoms with Gasteiger partial charge in [-0.3, -0.25) is 10.1 Å². The van der Waals surface area contributed by atoms with Crippen molar-refractivity contribution in [3.63, 3.8) is 0 Å². The fourth-order valence-corrected chi connectivity index (χ4v) is 1.25. The van der Waals surface area contributed by atoms with Crippen molar-refractivity contribution in [3.05, 3.63) is 40.9 Å². The number of nitro groups is 1. The van der Waals surface area contributed by atoms with Gasteiger partial charge in [-0.05, 0) is 6.42 Å². The lowest BCUT2D eigenvalue weighted by Gasteiger charge is -2.17. The highest BCUT2D eigenvalue weighted by atomic mass is 16.6. The van der Waals surface area contributed by atoms with Gasteiger partial charge >= 0.3 is 0 Å². The van der Waals surface area contributed by atoms with Crippen LogP contribution >= 0.6 is 0 Å². The summed E-state index contributed by atoms with van der Waals surface area (Å²) in [6, 6.07) is 0. The summed E-state index contributed by atoms with van der Waals surface area (Å²) in [6.07, 6.45) is 6.97. The van der Waals surface area contributed by atoms with Gasteiger partial charge in [-0.1, -0.05) is 0 Å². The lowest BCUT2D eigenvalue weighted by Crippen LogP contribution is -2.26. The molecule has 16 heavy (non-hydrogen) atoms. The molecule has 7 heteroatoms. The van der Waals surface area contributed by atoms with Gasteiger partial charge in [-0.25, -0.2) is 4.98 Å². The van der Waals surface area contributed by atoms with Crippen molar-refractivity contribution >= 4 is 0 Å². The minimum absolute atomic E-state index is 0.163. The van der Waals surface area contributed by atoms with Crippen LogP contribution in [-0.2, 0) is 6.54 Å². The Morgan fingerprint density at radius 3 is 3.06 bits per heavy atom. The number of aryl methyl sites for hydroxylation is 1. The van der Waals surface area contributed by atoms with Crippen molar-refractivity contribution in [2.45, 2.75) is 13.0 Å². The van der Waals surface area contributed by atoms with E-state index in [1.54, 1.807) is 24.5 Å². The van der Waals surface area contributed by atoms with Crippen LogP contribution in [0.4, 0.5) is 0 Å². The molecule has 0 fully saturated rings.